The molecule has 1 saturated heterocycles. The molecule has 140 valence electrons. The summed E-state index contributed by atoms with van der Waals surface area (Å²) < 4.78 is 26.5. The smallest absolute Gasteiger partial charge is 0.251 e. The van der Waals surface area contributed by atoms with Crippen LogP contribution in [-0.2, 0) is 10.0 Å². The highest BCUT2D eigenvalue weighted by molar-refractivity contribution is 7.89. The normalized spacial score (nSPS) is 16.4. The molecule has 1 fully saturated rings. The highest BCUT2D eigenvalue weighted by atomic mass is 32.2. The van der Waals surface area contributed by atoms with E-state index in [0.29, 0.717) is 25.2 Å². The van der Waals surface area contributed by atoms with Gasteiger partial charge >= 0.3 is 0 Å². The molecule has 1 N–H and O–H groups in total. The van der Waals surface area contributed by atoms with E-state index in [1.807, 2.05) is 14.1 Å². The van der Waals surface area contributed by atoms with Crippen LogP contribution in [0.25, 0.3) is 0 Å². The number of rotatable bonds is 7. The molecule has 1 heterocycles. The second kappa shape index (κ2) is 7.85. The Bertz CT molecular complexity index is 691. The average Bonchev–Trinajstić information content (AvgIpc) is 3.07. The molecule has 0 saturated carbocycles. The Balaban J connectivity index is 2.00. The van der Waals surface area contributed by atoms with Gasteiger partial charge in [-0.1, -0.05) is 13.8 Å². The second-order valence-electron chi connectivity index (χ2n) is 7.72. The maximum absolute atomic E-state index is 12.5. The van der Waals surface area contributed by atoms with Crippen molar-refractivity contribution in [2.45, 2.75) is 31.6 Å². The third kappa shape index (κ3) is 5.26. The number of hydrogen-bond acceptors (Lipinski definition) is 4. The van der Waals surface area contributed by atoms with E-state index in [9.17, 15) is 13.2 Å². The monoisotopic (exact) mass is 367 g/mol. The van der Waals surface area contributed by atoms with Crippen LogP contribution in [0, 0.1) is 5.41 Å². The molecule has 0 unspecified atom stereocenters. The molecule has 7 heteroatoms. The van der Waals surface area contributed by atoms with Crippen LogP contribution in [0.1, 0.15) is 37.0 Å². The molecule has 6 nitrogen and oxygen atoms in total. The lowest BCUT2D eigenvalue weighted by atomic mass is 9.93. The Kier molecular flexibility index (Phi) is 6.24. The molecule has 0 aromatic heterocycles. The summed E-state index contributed by atoms with van der Waals surface area (Å²) in [6.45, 7) is 6.76. The number of nitrogens with one attached hydrogen (secondary N) is 1. The molecular weight excluding hydrogens is 338 g/mol. The molecule has 1 aromatic rings. The first-order valence-corrected chi connectivity index (χ1v) is 10.1. The molecule has 0 atom stereocenters. The van der Waals surface area contributed by atoms with Crippen LogP contribution in [0.4, 0.5) is 0 Å². The predicted octanol–water partition coefficient (Wildman–Crippen LogP) is 1.79. The van der Waals surface area contributed by atoms with E-state index in [1.165, 1.54) is 16.4 Å². The van der Waals surface area contributed by atoms with Gasteiger partial charge in [0, 0.05) is 31.7 Å². The number of nitrogens with zero attached hydrogens (tertiary/aromatic N) is 2. The highest BCUT2D eigenvalue weighted by Gasteiger charge is 2.27. The van der Waals surface area contributed by atoms with Gasteiger partial charge in [-0.2, -0.15) is 4.31 Å². The Morgan fingerprint density at radius 3 is 2.24 bits per heavy atom. The first kappa shape index (κ1) is 19.9. The van der Waals surface area contributed by atoms with Crippen molar-refractivity contribution in [3.8, 4) is 0 Å². The minimum Gasteiger partial charge on any atom is -0.351 e. The number of benzene rings is 1. The number of carbonyl (C=O) groups excluding carboxylic acids is 1. The highest BCUT2D eigenvalue weighted by Crippen LogP contribution is 2.21. The molecule has 0 spiro atoms. The maximum Gasteiger partial charge on any atom is 0.251 e. The van der Waals surface area contributed by atoms with Gasteiger partial charge in [0.05, 0.1) is 4.90 Å². The van der Waals surface area contributed by atoms with Crippen molar-refractivity contribution >= 4 is 15.9 Å². The predicted molar refractivity (Wildman–Crippen MR) is 99.1 cm³/mol. The Labute approximate surface area is 151 Å². The Hall–Kier alpha value is -1.44. The zero-order chi connectivity index (χ0) is 18.7. The van der Waals surface area contributed by atoms with Crippen molar-refractivity contribution in [1.29, 1.82) is 0 Å². The van der Waals surface area contributed by atoms with Crippen molar-refractivity contribution in [1.82, 2.24) is 14.5 Å². The van der Waals surface area contributed by atoms with E-state index in [2.05, 4.69) is 24.1 Å². The third-order valence-corrected chi connectivity index (χ3v) is 6.20. The van der Waals surface area contributed by atoms with E-state index in [-0.39, 0.29) is 16.2 Å². The van der Waals surface area contributed by atoms with Crippen LogP contribution in [0.2, 0.25) is 0 Å². The van der Waals surface area contributed by atoms with Crippen LogP contribution in [-0.4, -0.2) is 63.8 Å². The van der Waals surface area contributed by atoms with Gasteiger partial charge in [0.1, 0.15) is 0 Å². The van der Waals surface area contributed by atoms with Crippen LogP contribution in [0.15, 0.2) is 29.2 Å². The molecule has 1 aromatic carbocycles. The minimum absolute atomic E-state index is 0.0435. The molecular formula is C18H29N3O3S. The summed E-state index contributed by atoms with van der Waals surface area (Å²) in [4.78, 5) is 14.6. The minimum atomic E-state index is -3.43. The largest absolute Gasteiger partial charge is 0.351 e. The Morgan fingerprint density at radius 1 is 1.16 bits per heavy atom. The van der Waals surface area contributed by atoms with E-state index in [0.717, 1.165) is 19.4 Å². The van der Waals surface area contributed by atoms with Crippen molar-refractivity contribution < 1.29 is 13.2 Å². The Morgan fingerprint density at radius 2 is 1.72 bits per heavy atom. The number of carbonyl (C=O) groups is 1. The zero-order valence-electron chi connectivity index (χ0n) is 15.6. The van der Waals surface area contributed by atoms with E-state index >= 15 is 0 Å². The summed E-state index contributed by atoms with van der Waals surface area (Å²) in [6.07, 6.45) is 1.81. The number of sulfonamides is 1. The maximum atomic E-state index is 12.5. The second-order valence-corrected chi connectivity index (χ2v) is 9.66. The molecule has 25 heavy (non-hydrogen) atoms. The van der Waals surface area contributed by atoms with Crippen molar-refractivity contribution in [3.63, 3.8) is 0 Å². The van der Waals surface area contributed by atoms with Crippen molar-refractivity contribution in [2.75, 3.05) is 40.3 Å². The molecule has 2 rings (SSSR count). The fraction of sp³-hybridized carbons (Fsp3) is 0.611. The zero-order valence-corrected chi connectivity index (χ0v) is 16.4. The van der Waals surface area contributed by atoms with Gasteiger partial charge in [0.15, 0.2) is 0 Å². The van der Waals surface area contributed by atoms with Crippen molar-refractivity contribution in [3.05, 3.63) is 29.8 Å². The average molecular weight is 368 g/mol. The lowest BCUT2D eigenvalue weighted by molar-refractivity contribution is 0.0929. The molecule has 0 bridgehead atoms. The molecule has 1 aliphatic rings. The molecule has 1 amide bonds. The summed E-state index contributed by atoms with van der Waals surface area (Å²) in [5.41, 5.74) is 0.430. The third-order valence-electron chi connectivity index (χ3n) is 4.29. The lowest BCUT2D eigenvalue weighted by Gasteiger charge is -2.28. The fourth-order valence-corrected chi connectivity index (χ4v) is 4.71. The lowest BCUT2D eigenvalue weighted by Crippen LogP contribution is -2.40. The summed E-state index contributed by atoms with van der Waals surface area (Å²) in [5.74, 6) is -0.183. The first-order chi connectivity index (χ1) is 11.6. The standard InChI is InChI=1S/C18H29N3O3S/c1-18(2,14-20(3)4)13-19-17(22)15-7-9-16(10-8-15)25(23,24)21-11-5-6-12-21/h7-10H,5-6,11-14H2,1-4H3,(H,19,22). The van der Waals surface area contributed by atoms with E-state index in [4.69, 9.17) is 0 Å². The fourth-order valence-electron chi connectivity index (χ4n) is 3.19. The van der Waals surface area contributed by atoms with Gasteiger partial charge < -0.3 is 10.2 Å². The topological polar surface area (TPSA) is 69.7 Å². The van der Waals surface area contributed by atoms with E-state index < -0.39 is 10.0 Å². The van der Waals surface area contributed by atoms with Crippen LogP contribution in [0.3, 0.4) is 0 Å². The molecule has 0 radical (unpaired) electrons. The SMILES string of the molecule is CN(C)CC(C)(C)CNC(=O)c1ccc(S(=O)(=O)N2CCCC2)cc1. The van der Waals surface area contributed by atoms with E-state index in [1.54, 1.807) is 12.1 Å². The summed E-state index contributed by atoms with van der Waals surface area (Å²) in [7, 11) is 0.572. The van der Waals surface area contributed by atoms with Crippen LogP contribution >= 0.6 is 0 Å². The first-order valence-electron chi connectivity index (χ1n) is 8.65. The van der Waals surface area contributed by atoms with Gasteiger partial charge in [-0.3, -0.25) is 4.79 Å². The van der Waals surface area contributed by atoms with Crippen molar-refractivity contribution in [2.24, 2.45) is 5.41 Å². The number of amides is 1. The molecule has 1 aliphatic heterocycles. The summed E-state index contributed by atoms with van der Waals surface area (Å²) in [5, 5.41) is 2.93. The van der Waals surface area contributed by atoms with Crippen LogP contribution < -0.4 is 5.32 Å². The van der Waals surface area contributed by atoms with Gasteiger partial charge in [-0.15, -0.1) is 0 Å². The van der Waals surface area contributed by atoms with Crippen LogP contribution in [0.5, 0.6) is 0 Å². The quantitative estimate of drug-likeness (QED) is 0.798. The summed E-state index contributed by atoms with van der Waals surface area (Å²) in [6, 6.07) is 6.20. The van der Waals surface area contributed by atoms with Gasteiger partial charge in [0.25, 0.3) is 5.91 Å². The molecule has 0 aliphatic carbocycles. The number of hydrogen-bond donors (Lipinski definition) is 1. The van der Waals surface area contributed by atoms with Gasteiger partial charge in [-0.25, -0.2) is 8.42 Å². The van der Waals surface area contributed by atoms with Gasteiger partial charge in [0.2, 0.25) is 10.0 Å². The summed E-state index contributed by atoms with van der Waals surface area (Å²) >= 11 is 0. The van der Waals surface area contributed by atoms with Gasteiger partial charge in [-0.05, 0) is 56.6 Å².